The van der Waals surface area contributed by atoms with E-state index in [1.165, 1.54) is 10.4 Å². The van der Waals surface area contributed by atoms with Crippen LogP contribution in [0, 0.1) is 17.8 Å². The zero-order valence-corrected chi connectivity index (χ0v) is 21.0. The van der Waals surface area contributed by atoms with Crippen molar-refractivity contribution in [2.24, 2.45) is 17.8 Å². The molecule has 0 aromatic heterocycles. The molecular weight excluding hydrogens is 400 g/mol. The first-order valence-corrected chi connectivity index (χ1v) is 13.2. The van der Waals surface area contributed by atoms with Crippen LogP contribution in [0.5, 0.6) is 0 Å². The number of hydrogen-bond acceptors (Lipinski definition) is 3. The normalized spacial score (nSPS) is 17.4. The van der Waals surface area contributed by atoms with Gasteiger partial charge in [0.1, 0.15) is 0 Å². The van der Waals surface area contributed by atoms with E-state index in [1.807, 2.05) is 32.9 Å². The van der Waals surface area contributed by atoms with E-state index >= 15 is 0 Å². The molecule has 0 saturated heterocycles. The van der Waals surface area contributed by atoms with Gasteiger partial charge in [-0.1, -0.05) is 108 Å². The van der Waals surface area contributed by atoms with Crippen molar-refractivity contribution in [3.8, 4) is 0 Å². The fourth-order valence-corrected chi connectivity index (χ4v) is 9.12. The minimum atomic E-state index is -2.64. The number of rotatable bonds is 10. The number of hydrogen-bond donors (Lipinski definition) is 2. The van der Waals surface area contributed by atoms with E-state index in [9.17, 15) is 10.2 Å². The second-order valence-corrected chi connectivity index (χ2v) is 14.2. The lowest BCUT2D eigenvalue weighted by molar-refractivity contribution is -0.0296. The fraction of sp³-hybridized carbons (Fsp3) is 0.481. The van der Waals surface area contributed by atoms with Gasteiger partial charge in [0.15, 0.2) is 0 Å². The molecule has 2 N–H and O–H groups in total. The quantitative estimate of drug-likeness (QED) is 0.426. The van der Waals surface area contributed by atoms with Crippen molar-refractivity contribution >= 4 is 18.7 Å². The molecule has 0 saturated carbocycles. The zero-order valence-electron chi connectivity index (χ0n) is 20.0. The highest BCUT2D eigenvalue weighted by atomic mass is 28.4. The lowest BCUT2D eigenvalue weighted by Crippen LogP contribution is -2.67. The van der Waals surface area contributed by atoms with Crippen LogP contribution in [0.3, 0.4) is 0 Å². The molecule has 4 heteroatoms. The monoisotopic (exact) mass is 440 g/mol. The minimum Gasteiger partial charge on any atom is -0.407 e. The Morgan fingerprint density at radius 2 is 1.32 bits per heavy atom. The molecule has 0 aliphatic heterocycles. The van der Waals surface area contributed by atoms with E-state index in [0.29, 0.717) is 6.61 Å². The van der Waals surface area contributed by atoms with E-state index < -0.39 is 20.5 Å². The van der Waals surface area contributed by atoms with Crippen molar-refractivity contribution < 1.29 is 14.6 Å². The Labute approximate surface area is 189 Å². The van der Waals surface area contributed by atoms with Crippen molar-refractivity contribution in [2.75, 3.05) is 6.61 Å². The third kappa shape index (κ3) is 5.56. The SMILES string of the molecule is C=C[C@@H](C)[C@@H](O)[C@H](C)[C@H](O)[C@H](C)CO[Si](c1ccccc1)(c1ccccc1)C(C)(C)C. The van der Waals surface area contributed by atoms with Crippen molar-refractivity contribution in [1.29, 1.82) is 0 Å². The molecule has 0 unspecified atom stereocenters. The lowest BCUT2D eigenvalue weighted by Gasteiger charge is -2.44. The molecule has 0 fully saturated rings. The minimum absolute atomic E-state index is 0.0746. The lowest BCUT2D eigenvalue weighted by atomic mass is 9.84. The maximum absolute atomic E-state index is 11.0. The summed E-state index contributed by atoms with van der Waals surface area (Å²) in [5.41, 5.74) is 0. The predicted molar refractivity (Wildman–Crippen MR) is 133 cm³/mol. The average Bonchev–Trinajstić information content (AvgIpc) is 2.77. The highest BCUT2D eigenvalue weighted by Crippen LogP contribution is 2.37. The summed E-state index contributed by atoms with van der Waals surface area (Å²) in [6.45, 7) is 16.8. The Kier molecular flexibility index (Phi) is 8.84. The Hall–Kier alpha value is -1.72. The highest BCUT2D eigenvalue weighted by molar-refractivity contribution is 6.99. The summed E-state index contributed by atoms with van der Waals surface area (Å²) >= 11 is 0. The van der Waals surface area contributed by atoms with Crippen LogP contribution in [0.25, 0.3) is 0 Å². The zero-order chi connectivity index (χ0) is 23.2. The smallest absolute Gasteiger partial charge is 0.261 e. The first-order chi connectivity index (χ1) is 14.6. The standard InChI is InChI=1S/C27H40O3Si/c1-8-20(2)25(28)22(4)26(29)21(3)19-30-31(27(5,6)7,23-15-11-9-12-16-23)24-17-13-10-14-18-24/h8-18,20-22,25-26,28-29H,1,19H2,2-7H3/t20-,21-,22+,25-,26-/m1/s1. The summed E-state index contributed by atoms with van der Waals surface area (Å²) < 4.78 is 6.94. The van der Waals surface area contributed by atoms with Crippen LogP contribution in [0.1, 0.15) is 41.5 Å². The van der Waals surface area contributed by atoms with E-state index in [0.717, 1.165) is 0 Å². The molecule has 2 aromatic rings. The Morgan fingerprint density at radius 1 is 0.871 bits per heavy atom. The van der Waals surface area contributed by atoms with Gasteiger partial charge in [-0.3, -0.25) is 0 Å². The number of aliphatic hydroxyl groups excluding tert-OH is 2. The molecule has 0 heterocycles. The van der Waals surface area contributed by atoms with Crippen molar-refractivity contribution in [3.63, 3.8) is 0 Å². The topological polar surface area (TPSA) is 49.7 Å². The molecule has 2 aromatic carbocycles. The summed E-state index contributed by atoms with van der Waals surface area (Å²) in [4.78, 5) is 0. The van der Waals surface area contributed by atoms with Gasteiger partial charge in [0.05, 0.1) is 12.2 Å². The van der Waals surface area contributed by atoms with Crippen LogP contribution in [0.4, 0.5) is 0 Å². The van der Waals surface area contributed by atoms with Crippen LogP contribution in [0.15, 0.2) is 73.3 Å². The Bertz CT molecular complexity index is 761. The molecule has 3 nitrogen and oxygen atoms in total. The first kappa shape index (κ1) is 25.5. The van der Waals surface area contributed by atoms with Gasteiger partial charge in [-0.05, 0) is 15.4 Å². The first-order valence-electron chi connectivity index (χ1n) is 11.3. The van der Waals surface area contributed by atoms with Crippen molar-refractivity contribution in [1.82, 2.24) is 0 Å². The molecule has 170 valence electrons. The fourth-order valence-electron chi connectivity index (χ4n) is 4.46. The molecule has 0 radical (unpaired) electrons. The van der Waals surface area contributed by atoms with E-state index in [1.54, 1.807) is 6.08 Å². The molecule has 31 heavy (non-hydrogen) atoms. The summed E-state index contributed by atoms with van der Waals surface area (Å²) in [7, 11) is -2.64. The molecule has 0 aliphatic carbocycles. The van der Waals surface area contributed by atoms with Gasteiger partial charge < -0.3 is 14.6 Å². The molecule has 0 bridgehead atoms. The molecule has 0 aliphatic rings. The van der Waals surface area contributed by atoms with E-state index in [2.05, 4.69) is 75.9 Å². The third-order valence-corrected chi connectivity index (χ3v) is 11.6. The largest absolute Gasteiger partial charge is 0.407 e. The van der Waals surface area contributed by atoms with Crippen LogP contribution < -0.4 is 10.4 Å². The third-order valence-electron chi connectivity index (χ3n) is 6.55. The predicted octanol–water partition coefficient (Wildman–Crippen LogP) is 4.38. The second-order valence-electron chi connectivity index (χ2n) is 9.89. The molecule has 0 amide bonds. The van der Waals surface area contributed by atoms with Crippen LogP contribution in [-0.2, 0) is 4.43 Å². The maximum Gasteiger partial charge on any atom is 0.261 e. The maximum atomic E-state index is 11.0. The molecular formula is C27H40O3Si. The van der Waals surface area contributed by atoms with Crippen molar-refractivity contribution in [3.05, 3.63) is 73.3 Å². The Balaban J connectivity index is 2.38. The number of benzene rings is 2. The van der Waals surface area contributed by atoms with Crippen molar-refractivity contribution in [2.45, 2.75) is 58.8 Å². The van der Waals surface area contributed by atoms with E-state index in [4.69, 9.17) is 4.43 Å². The Morgan fingerprint density at radius 3 is 1.71 bits per heavy atom. The second kappa shape index (κ2) is 10.7. The molecule has 0 spiro atoms. The number of aliphatic hydroxyl groups is 2. The van der Waals surface area contributed by atoms with Crippen LogP contribution in [0.2, 0.25) is 5.04 Å². The van der Waals surface area contributed by atoms with Crippen LogP contribution >= 0.6 is 0 Å². The van der Waals surface area contributed by atoms with Gasteiger partial charge >= 0.3 is 0 Å². The highest BCUT2D eigenvalue weighted by Gasteiger charge is 2.50. The van der Waals surface area contributed by atoms with Gasteiger partial charge in [-0.25, -0.2) is 0 Å². The van der Waals surface area contributed by atoms with Gasteiger partial charge in [-0.15, -0.1) is 6.58 Å². The van der Waals surface area contributed by atoms with Gasteiger partial charge in [-0.2, -0.15) is 0 Å². The molecule has 2 rings (SSSR count). The summed E-state index contributed by atoms with van der Waals surface area (Å²) in [6, 6.07) is 21.0. The van der Waals surface area contributed by atoms with Crippen LogP contribution in [-0.4, -0.2) is 37.3 Å². The summed E-state index contributed by atoms with van der Waals surface area (Å²) in [6.07, 6.45) is 0.427. The van der Waals surface area contributed by atoms with Gasteiger partial charge in [0.2, 0.25) is 0 Å². The van der Waals surface area contributed by atoms with Gasteiger partial charge in [0, 0.05) is 24.4 Å². The molecule has 5 atom stereocenters. The average molecular weight is 441 g/mol. The van der Waals surface area contributed by atoms with E-state index in [-0.39, 0.29) is 22.8 Å². The summed E-state index contributed by atoms with van der Waals surface area (Å²) in [5, 5.41) is 23.9. The summed E-state index contributed by atoms with van der Waals surface area (Å²) in [5.74, 6) is -0.469. The van der Waals surface area contributed by atoms with Gasteiger partial charge in [0.25, 0.3) is 8.32 Å².